The topological polar surface area (TPSA) is 49.2 Å². The minimum atomic E-state index is -0.434. The van der Waals surface area contributed by atoms with Gasteiger partial charge in [-0.1, -0.05) is 36.4 Å². The van der Waals surface area contributed by atoms with E-state index >= 15 is 0 Å². The average Bonchev–Trinajstić information content (AvgIpc) is 2.96. The highest BCUT2D eigenvalue weighted by atomic mass is 16.7. The number of aryl methyl sites for hydroxylation is 1. The van der Waals surface area contributed by atoms with Gasteiger partial charge in [0.15, 0.2) is 0 Å². The summed E-state index contributed by atoms with van der Waals surface area (Å²) < 4.78 is 12.9. The van der Waals surface area contributed by atoms with Crippen molar-refractivity contribution in [2.75, 3.05) is 13.2 Å². The van der Waals surface area contributed by atoms with E-state index in [1.165, 1.54) is 11.1 Å². The van der Waals surface area contributed by atoms with Gasteiger partial charge in [-0.05, 0) is 31.4 Å². The Kier molecular flexibility index (Phi) is 5.90. The molecule has 21 heavy (non-hydrogen) atoms. The summed E-state index contributed by atoms with van der Waals surface area (Å²) in [5, 5.41) is 8.29. The van der Waals surface area contributed by atoms with Gasteiger partial charge in [0.25, 0.3) is 0 Å². The number of aromatic nitrogens is 3. The van der Waals surface area contributed by atoms with Gasteiger partial charge in [-0.3, -0.25) is 0 Å². The molecule has 0 aliphatic rings. The standard InChI is InChI=1S/C16H23N3O2/c1-4-13-7-9-14(10-8-13)11-19-12-15(17-18-19)16(20-5-2)21-6-3/h7-10,12,16H,4-6,11H2,1-3H3. The van der Waals surface area contributed by atoms with Gasteiger partial charge in [0.2, 0.25) is 6.29 Å². The number of nitrogens with zero attached hydrogens (tertiary/aromatic N) is 3. The summed E-state index contributed by atoms with van der Waals surface area (Å²) in [6, 6.07) is 8.55. The first kappa shape index (κ1) is 15.7. The molecule has 0 bridgehead atoms. The Morgan fingerprint density at radius 2 is 1.62 bits per heavy atom. The van der Waals surface area contributed by atoms with Gasteiger partial charge in [-0.15, -0.1) is 5.10 Å². The van der Waals surface area contributed by atoms with Gasteiger partial charge < -0.3 is 9.47 Å². The molecule has 0 atom stereocenters. The summed E-state index contributed by atoms with van der Waals surface area (Å²) in [6.07, 6.45) is 2.50. The molecule has 1 aromatic heterocycles. The predicted octanol–water partition coefficient (Wildman–Crippen LogP) is 2.96. The van der Waals surface area contributed by atoms with E-state index in [2.05, 4.69) is 41.5 Å². The van der Waals surface area contributed by atoms with Crippen LogP contribution in [0.2, 0.25) is 0 Å². The molecule has 2 aromatic rings. The van der Waals surface area contributed by atoms with Gasteiger partial charge >= 0.3 is 0 Å². The van der Waals surface area contributed by atoms with Gasteiger partial charge in [0.05, 0.1) is 12.7 Å². The van der Waals surface area contributed by atoms with E-state index in [0.29, 0.717) is 25.5 Å². The second-order valence-electron chi connectivity index (χ2n) is 4.75. The first-order valence-electron chi connectivity index (χ1n) is 7.47. The van der Waals surface area contributed by atoms with Crippen LogP contribution in [0, 0.1) is 0 Å². The molecule has 0 fully saturated rings. The van der Waals surface area contributed by atoms with E-state index in [-0.39, 0.29) is 0 Å². The van der Waals surface area contributed by atoms with Crippen molar-refractivity contribution in [3.05, 3.63) is 47.3 Å². The van der Waals surface area contributed by atoms with E-state index in [9.17, 15) is 0 Å². The van der Waals surface area contributed by atoms with Crippen molar-refractivity contribution >= 4 is 0 Å². The molecule has 0 N–H and O–H groups in total. The Bertz CT molecular complexity index is 531. The third-order valence-electron chi connectivity index (χ3n) is 3.21. The fraction of sp³-hybridized carbons (Fsp3) is 0.500. The quantitative estimate of drug-likeness (QED) is 0.701. The summed E-state index contributed by atoms with van der Waals surface area (Å²) in [7, 11) is 0. The third-order valence-corrected chi connectivity index (χ3v) is 3.21. The lowest BCUT2D eigenvalue weighted by molar-refractivity contribution is -0.142. The summed E-state index contributed by atoms with van der Waals surface area (Å²) in [4.78, 5) is 0. The zero-order chi connectivity index (χ0) is 15.1. The molecule has 5 nitrogen and oxygen atoms in total. The van der Waals surface area contributed by atoms with Crippen molar-refractivity contribution in [1.29, 1.82) is 0 Å². The van der Waals surface area contributed by atoms with Crippen molar-refractivity contribution in [3.8, 4) is 0 Å². The van der Waals surface area contributed by atoms with Crippen LogP contribution in [0.3, 0.4) is 0 Å². The molecular weight excluding hydrogens is 266 g/mol. The molecule has 0 aliphatic carbocycles. The number of ether oxygens (including phenoxy) is 2. The molecule has 0 saturated heterocycles. The molecule has 5 heteroatoms. The van der Waals surface area contributed by atoms with E-state index in [0.717, 1.165) is 6.42 Å². The maximum atomic E-state index is 5.52. The van der Waals surface area contributed by atoms with E-state index < -0.39 is 6.29 Å². The van der Waals surface area contributed by atoms with Crippen molar-refractivity contribution < 1.29 is 9.47 Å². The first-order valence-corrected chi connectivity index (χ1v) is 7.47. The van der Waals surface area contributed by atoms with Gasteiger partial charge in [0, 0.05) is 13.2 Å². The van der Waals surface area contributed by atoms with E-state index in [1.807, 2.05) is 20.0 Å². The number of rotatable bonds is 8. The fourth-order valence-electron chi connectivity index (χ4n) is 2.09. The lowest BCUT2D eigenvalue weighted by Crippen LogP contribution is -2.09. The molecule has 0 spiro atoms. The van der Waals surface area contributed by atoms with Crippen LogP contribution in [0.25, 0.3) is 0 Å². The lowest BCUT2D eigenvalue weighted by atomic mass is 10.1. The molecule has 0 amide bonds. The lowest BCUT2D eigenvalue weighted by Gasteiger charge is -2.13. The Hall–Kier alpha value is -1.72. The first-order chi connectivity index (χ1) is 10.3. The largest absolute Gasteiger partial charge is 0.347 e. The fourth-order valence-corrected chi connectivity index (χ4v) is 2.09. The highest BCUT2D eigenvalue weighted by molar-refractivity contribution is 5.22. The second kappa shape index (κ2) is 7.90. The van der Waals surface area contributed by atoms with Gasteiger partial charge in [0.1, 0.15) is 5.69 Å². The zero-order valence-corrected chi connectivity index (χ0v) is 13.0. The summed E-state index contributed by atoms with van der Waals surface area (Å²) >= 11 is 0. The monoisotopic (exact) mass is 289 g/mol. The molecule has 1 heterocycles. The SMILES string of the molecule is CCOC(OCC)c1cn(Cc2ccc(CC)cc2)nn1. The summed E-state index contributed by atoms with van der Waals surface area (Å²) in [6.45, 7) is 7.88. The number of hydrogen-bond donors (Lipinski definition) is 0. The minimum Gasteiger partial charge on any atom is -0.347 e. The minimum absolute atomic E-state index is 0.434. The van der Waals surface area contributed by atoms with Crippen molar-refractivity contribution in [2.45, 2.75) is 40.0 Å². The van der Waals surface area contributed by atoms with Crippen molar-refractivity contribution in [1.82, 2.24) is 15.0 Å². The van der Waals surface area contributed by atoms with Crippen LogP contribution < -0.4 is 0 Å². The molecule has 0 aliphatic heterocycles. The van der Waals surface area contributed by atoms with Crippen LogP contribution in [0.15, 0.2) is 30.5 Å². The smallest absolute Gasteiger partial charge is 0.204 e. The van der Waals surface area contributed by atoms with Crippen LogP contribution in [0.1, 0.15) is 43.9 Å². The number of hydrogen-bond acceptors (Lipinski definition) is 4. The summed E-state index contributed by atoms with van der Waals surface area (Å²) in [5.41, 5.74) is 3.25. The Labute approximate surface area is 125 Å². The average molecular weight is 289 g/mol. The molecule has 0 radical (unpaired) electrons. The normalized spacial score (nSPS) is 11.2. The molecule has 2 rings (SSSR count). The van der Waals surface area contributed by atoms with Crippen LogP contribution in [0.4, 0.5) is 0 Å². The third kappa shape index (κ3) is 4.37. The van der Waals surface area contributed by atoms with Crippen molar-refractivity contribution in [2.24, 2.45) is 0 Å². The molecule has 0 unspecified atom stereocenters. The van der Waals surface area contributed by atoms with Crippen LogP contribution in [-0.2, 0) is 22.4 Å². The second-order valence-corrected chi connectivity index (χ2v) is 4.75. The Balaban J connectivity index is 2.04. The van der Waals surface area contributed by atoms with Crippen LogP contribution >= 0.6 is 0 Å². The van der Waals surface area contributed by atoms with Gasteiger partial charge in [-0.2, -0.15) is 0 Å². The highest BCUT2D eigenvalue weighted by Crippen LogP contribution is 2.16. The Morgan fingerprint density at radius 3 is 2.19 bits per heavy atom. The Morgan fingerprint density at radius 1 is 1.00 bits per heavy atom. The molecule has 114 valence electrons. The molecule has 0 saturated carbocycles. The molecule has 1 aromatic carbocycles. The highest BCUT2D eigenvalue weighted by Gasteiger charge is 2.15. The predicted molar refractivity (Wildman–Crippen MR) is 80.9 cm³/mol. The van der Waals surface area contributed by atoms with Crippen molar-refractivity contribution in [3.63, 3.8) is 0 Å². The summed E-state index contributed by atoms with van der Waals surface area (Å²) in [5.74, 6) is 0. The van der Waals surface area contributed by atoms with E-state index in [4.69, 9.17) is 9.47 Å². The van der Waals surface area contributed by atoms with Crippen LogP contribution in [-0.4, -0.2) is 28.2 Å². The van der Waals surface area contributed by atoms with Crippen LogP contribution in [0.5, 0.6) is 0 Å². The zero-order valence-electron chi connectivity index (χ0n) is 13.0. The van der Waals surface area contributed by atoms with Gasteiger partial charge in [-0.25, -0.2) is 4.68 Å². The maximum Gasteiger partial charge on any atom is 0.204 e. The number of benzene rings is 1. The maximum absolute atomic E-state index is 5.52. The molecular formula is C16H23N3O2. The van der Waals surface area contributed by atoms with E-state index in [1.54, 1.807) is 4.68 Å².